The molecule has 0 aromatic heterocycles. The van der Waals surface area contributed by atoms with E-state index in [4.69, 9.17) is 0 Å². The van der Waals surface area contributed by atoms with Crippen LogP contribution >= 0.6 is 0 Å². The first-order valence-electron chi connectivity index (χ1n) is 13.2. The maximum atomic E-state index is 2.76. The molecular formula is C27H56N2. The lowest BCUT2D eigenvalue weighted by molar-refractivity contribution is 0.136. The van der Waals surface area contributed by atoms with Crippen LogP contribution in [0.2, 0.25) is 0 Å². The van der Waals surface area contributed by atoms with Crippen LogP contribution in [0.1, 0.15) is 115 Å². The molecule has 174 valence electrons. The average Bonchev–Trinajstić information content (AvgIpc) is 3.53. The van der Waals surface area contributed by atoms with Gasteiger partial charge in [-0.1, -0.05) is 55.4 Å². The van der Waals surface area contributed by atoms with Gasteiger partial charge in [-0.2, -0.15) is 0 Å². The van der Waals surface area contributed by atoms with E-state index in [9.17, 15) is 0 Å². The van der Waals surface area contributed by atoms with Crippen LogP contribution in [0.15, 0.2) is 0 Å². The summed E-state index contributed by atoms with van der Waals surface area (Å²) >= 11 is 0. The number of rotatable bonds is 4. The molecule has 4 rings (SSSR count). The predicted molar refractivity (Wildman–Crippen MR) is 132 cm³/mol. The van der Waals surface area contributed by atoms with Crippen molar-refractivity contribution in [3.05, 3.63) is 0 Å². The van der Waals surface area contributed by atoms with Crippen LogP contribution in [0.5, 0.6) is 0 Å². The van der Waals surface area contributed by atoms with Crippen molar-refractivity contribution < 1.29 is 0 Å². The summed E-state index contributed by atoms with van der Waals surface area (Å²) in [5, 5.41) is 0. The number of piperidine rings is 1. The summed E-state index contributed by atoms with van der Waals surface area (Å²) in [5.41, 5.74) is 0.777. The molecule has 1 spiro atoms. The molecule has 0 aromatic rings. The van der Waals surface area contributed by atoms with E-state index in [-0.39, 0.29) is 0 Å². The highest BCUT2D eigenvalue weighted by molar-refractivity contribution is 5.07. The van der Waals surface area contributed by atoms with Gasteiger partial charge in [0.1, 0.15) is 0 Å². The molecule has 2 saturated heterocycles. The molecule has 4 unspecified atom stereocenters. The number of hydrogen-bond donors (Lipinski definition) is 0. The van der Waals surface area contributed by atoms with Crippen molar-refractivity contribution in [2.45, 2.75) is 145 Å². The molecule has 2 heterocycles. The number of hydrogen-bond acceptors (Lipinski definition) is 2. The molecule has 2 heteroatoms. The van der Waals surface area contributed by atoms with Gasteiger partial charge in [0.05, 0.1) is 0 Å². The highest BCUT2D eigenvalue weighted by Crippen LogP contribution is 2.56. The Morgan fingerprint density at radius 3 is 1.52 bits per heavy atom. The van der Waals surface area contributed by atoms with Crippen molar-refractivity contribution in [2.75, 3.05) is 6.54 Å². The van der Waals surface area contributed by atoms with Gasteiger partial charge in [-0.15, -0.1) is 0 Å². The summed E-state index contributed by atoms with van der Waals surface area (Å²) < 4.78 is 0. The SMILES string of the molecule is CC.CC.CC(C)C1CC2(CC2)CN1C(C)C.CC(C)C1CC2CC2N1C(C)C. The van der Waals surface area contributed by atoms with Crippen LogP contribution in [0.25, 0.3) is 0 Å². The topological polar surface area (TPSA) is 6.48 Å². The fourth-order valence-electron chi connectivity index (χ4n) is 5.76. The van der Waals surface area contributed by atoms with Crippen LogP contribution < -0.4 is 0 Å². The summed E-state index contributed by atoms with van der Waals surface area (Å²) in [7, 11) is 0. The van der Waals surface area contributed by atoms with Crippen LogP contribution in [0.4, 0.5) is 0 Å². The molecule has 4 aliphatic rings. The van der Waals surface area contributed by atoms with Crippen molar-refractivity contribution in [1.82, 2.24) is 9.80 Å². The Hall–Kier alpha value is -0.0800. The molecular weight excluding hydrogens is 352 g/mol. The molecule has 2 nitrogen and oxygen atoms in total. The van der Waals surface area contributed by atoms with Gasteiger partial charge in [-0.05, 0) is 83.0 Å². The highest BCUT2D eigenvalue weighted by atomic mass is 15.3. The zero-order valence-corrected chi connectivity index (χ0v) is 22.3. The van der Waals surface area contributed by atoms with E-state index in [1.54, 1.807) is 0 Å². The second-order valence-electron chi connectivity index (χ2n) is 10.9. The van der Waals surface area contributed by atoms with E-state index in [1.165, 1.54) is 38.6 Å². The third kappa shape index (κ3) is 6.70. The predicted octanol–water partition coefficient (Wildman–Crippen LogP) is 7.47. The summed E-state index contributed by atoms with van der Waals surface area (Å²) in [6, 6.07) is 4.22. The Morgan fingerprint density at radius 2 is 1.21 bits per heavy atom. The van der Waals surface area contributed by atoms with Crippen LogP contribution in [0.3, 0.4) is 0 Å². The maximum absolute atomic E-state index is 2.76. The molecule has 4 atom stereocenters. The van der Waals surface area contributed by atoms with Crippen molar-refractivity contribution in [3.8, 4) is 0 Å². The Kier molecular flexibility index (Phi) is 10.7. The van der Waals surface area contributed by atoms with Crippen molar-refractivity contribution in [1.29, 1.82) is 0 Å². The number of likely N-dealkylation sites (tertiary alicyclic amines) is 2. The number of nitrogens with zero attached hydrogens (tertiary/aromatic N) is 2. The zero-order chi connectivity index (χ0) is 22.5. The highest BCUT2D eigenvalue weighted by Gasteiger charge is 2.53. The zero-order valence-electron chi connectivity index (χ0n) is 22.3. The molecule has 0 amide bonds. The van der Waals surface area contributed by atoms with E-state index in [1.807, 2.05) is 27.7 Å². The van der Waals surface area contributed by atoms with Gasteiger partial charge in [0.15, 0.2) is 0 Å². The standard InChI is InChI=1S/C12H23N.C11H21N.2C2H6/c1-9(2)11-7-12(5-6-12)8-13(11)10(3)4;1-7(2)10-5-9-6-11(9)12(10)8(3)4;2*1-2/h9-11H,5-8H2,1-4H3;7-11H,5-6H2,1-4H3;2*1-2H3. The van der Waals surface area contributed by atoms with Gasteiger partial charge in [0.25, 0.3) is 0 Å². The van der Waals surface area contributed by atoms with E-state index >= 15 is 0 Å². The molecule has 0 aromatic carbocycles. The minimum atomic E-state index is 0.743. The van der Waals surface area contributed by atoms with E-state index in [2.05, 4.69) is 65.2 Å². The van der Waals surface area contributed by atoms with Crippen LogP contribution in [0, 0.1) is 23.2 Å². The van der Waals surface area contributed by atoms with E-state index in [0.717, 1.165) is 53.4 Å². The largest absolute Gasteiger partial charge is 0.297 e. The third-order valence-corrected chi connectivity index (χ3v) is 7.54. The van der Waals surface area contributed by atoms with Crippen LogP contribution in [-0.2, 0) is 0 Å². The van der Waals surface area contributed by atoms with E-state index < -0.39 is 0 Å². The summed E-state index contributed by atoms with van der Waals surface area (Å²) in [6.07, 6.45) is 7.43. The first-order valence-corrected chi connectivity index (χ1v) is 13.2. The summed E-state index contributed by atoms with van der Waals surface area (Å²) in [5.74, 6) is 2.75. The first kappa shape index (κ1) is 27.0. The fourth-order valence-corrected chi connectivity index (χ4v) is 5.76. The molecule has 4 fully saturated rings. The number of fused-ring (bicyclic) bond motifs is 1. The summed E-state index contributed by atoms with van der Waals surface area (Å²) in [4.78, 5) is 5.49. The normalized spacial score (nSPS) is 31.9. The van der Waals surface area contributed by atoms with Gasteiger partial charge in [0.2, 0.25) is 0 Å². The average molecular weight is 409 g/mol. The quantitative estimate of drug-likeness (QED) is 0.476. The van der Waals surface area contributed by atoms with Gasteiger partial charge < -0.3 is 0 Å². The Labute approximate surface area is 185 Å². The van der Waals surface area contributed by atoms with Gasteiger partial charge >= 0.3 is 0 Å². The van der Waals surface area contributed by atoms with E-state index in [0.29, 0.717) is 0 Å². The Morgan fingerprint density at radius 1 is 0.690 bits per heavy atom. The molecule has 2 saturated carbocycles. The maximum Gasteiger partial charge on any atom is 0.0134 e. The van der Waals surface area contributed by atoms with Gasteiger partial charge in [-0.25, -0.2) is 0 Å². The fraction of sp³-hybridized carbons (Fsp3) is 1.00. The molecule has 0 bridgehead atoms. The molecule has 2 aliphatic heterocycles. The lowest BCUT2D eigenvalue weighted by Gasteiger charge is -2.33. The minimum Gasteiger partial charge on any atom is -0.297 e. The van der Waals surface area contributed by atoms with Crippen molar-refractivity contribution in [2.24, 2.45) is 23.2 Å². The lowest BCUT2D eigenvalue weighted by Crippen LogP contribution is -2.41. The minimum absolute atomic E-state index is 0.743. The Bertz CT molecular complexity index is 431. The molecule has 0 radical (unpaired) electrons. The van der Waals surface area contributed by atoms with Gasteiger partial charge in [-0.3, -0.25) is 9.80 Å². The molecule has 29 heavy (non-hydrogen) atoms. The molecule has 2 aliphatic carbocycles. The summed E-state index contributed by atoms with van der Waals surface area (Å²) in [6.45, 7) is 28.2. The second kappa shape index (κ2) is 11.5. The third-order valence-electron chi connectivity index (χ3n) is 7.54. The van der Waals surface area contributed by atoms with Crippen molar-refractivity contribution in [3.63, 3.8) is 0 Å². The van der Waals surface area contributed by atoms with Crippen molar-refractivity contribution >= 4 is 0 Å². The van der Waals surface area contributed by atoms with Crippen LogP contribution in [-0.4, -0.2) is 46.6 Å². The van der Waals surface area contributed by atoms with Gasteiger partial charge in [0, 0.05) is 36.8 Å². The first-order chi connectivity index (χ1) is 13.6. The molecule has 0 N–H and O–H groups in total. The monoisotopic (exact) mass is 408 g/mol. The smallest absolute Gasteiger partial charge is 0.0134 e. The lowest BCUT2D eigenvalue weighted by atomic mass is 9.96. The Balaban J connectivity index is 0.000000248. The second-order valence-corrected chi connectivity index (χ2v) is 10.9.